The van der Waals surface area contributed by atoms with E-state index in [-0.39, 0.29) is 29.7 Å². The standard InChI is InChI=1S/C21H25NO3/c23-18-10-6-15(7-11-18)14-20(16-4-2-1-3-5-16)21(25)22-17-8-12-19(24)13-9-17/h1-7,10-11,17,19-20,23-24H,8-9,12-14H2,(H,22,25)/t17?,19?,20-/m0/s1. The monoisotopic (exact) mass is 339 g/mol. The first-order valence-electron chi connectivity index (χ1n) is 8.93. The van der Waals surface area contributed by atoms with Gasteiger partial charge in [-0.1, -0.05) is 42.5 Å². The summed E-state index contributed by atoms with van der Waals surface area (Å²) in [5.41, 5.74) is 2.00. The first-order valence-corrected chi connectivity index (χ1v) is 8.93. The number of aromatic hydroxyl groups is 1. The maximum Gasteiger partial charge on any atom is 0.228 e. The van der Waals surface area contributed by atoms with Crippen LogP contribution in [0.25, 0.3) is 0 Å². The Morgan fingerprint density at radius 3 is 2.28 bits per heavy atom. The number of amides is 1. The quantitative estimate of drug-likeness (QED) is 0.784. The van der Waals surface area contributed by atoms with Crippen LogP contribution in [0.4, 0.5) is 0 Å². The topological polar surface area (TPSA) is 69.6 Å². The number of phenolic OH excluding ortho intramolecular Hbond substituents is 1. The van der Waals surface area contributed by atoms with E-state index < -0.39 is 0 Å². The second-order valence-electron chi connectivity index (χ2n) is 6.85. The van der Waals surface area contributed by atoms with Crippen molar-refractivity contribution in [3.63, 3.8) is 0 Å². The molecule has 25 heavy (non-hydrogen) atoms. The maximum absolute atomic E-state index is 12.9. The summed E-state index contributed by atoms with van der Waals surface area (Å²) in [5.74, 6) is -0.0107. The number of phenols is 1. The number of benzene rings is 2. The van der Waals surface area contributed by atoms with Gasteiger partial charge in [0.1, 0.15) is 5.75 Å². The second kappa shape index (κ2) is 8.17. The zero-order valence-electron chi connectivity index (χ0n) is 14.3. The molecule has 0 heterocycles. The molecule has 2 aromatic rings. The SMILES string of the molecule is O=C(NC1CCC(O)CC1)[C@@H](Cc1ccc(O)cc1)c1ccccc1. The van der Waals surface area contributed by atoms with E-state index in [1.165, 1.54) is 0 Å². The number of nitrogens with one attached hydrogen (secondary N) is 1. The predicted molar refractivity (Wildman–Crippen MR) is 97.4 cm³/mol. The predicted octanol–water partition coefficient (Wildman–Crippen LogP) is 3.14. The zero-order chi connectivity index (χ0) is 17.6. The molecule has 4 nitrogen and oxygen atoms in total. The first kappa shape index (κ1) is 17.5. The molecule has 1 aliphatic rings. The molecule has 1 amide bonds. The van der Waals surface area contributed by atoms with Gasteiger partial charge in [-0.3, -0.25) is 4.79 Å². The largest absolute Gasteiger partial charge is 0.508 e. The van der Waals surface area contributed by atoms with Crippen molar-refractivity contribution in [2.45, 2.75) is 50.2 Å². The summed E-state index contributed by atoms with van der Waals surface area (Å²) in [4.78, 5) is 12.9. The van der Waals surface area contributed by atoms with Crippen LogP contribution in [0.3, 0.4) is 0 Å². The first-order chi connectivity index (χ1) is 12.1. The van der Waals surface area contributed by atoms with Crippen molar-refractivity contribution >= 4 is 5.91 Å². The molecule has 2 aromatic carbocycles. The van der Waals surface area contributed by atoms with Gasteiger partial charge in [0.25, 0.3) is 0 Å². The number of carbonyl (C=O) groups is 1. The molecule has 1 fully saturated rings. The molecule has 0 unspecified atom stereocenters. The van der Waals surface area contributed by atoms with E-state index in [4.69, 9.17) is 0 Å². The van der Waals surface area contributed by atoms with Crippen LogP contribution in [-0.4, -0.2) is 28.3 Å². The maximum atomic E-state index is 12.9. The normalized spacial score (nSPS) is 21.5. The van der Waals surface area contributed by atoms with Crippen molar-refractivity contribution in [3.05, 3.63) is 65.7 Å². The molecule has 1 aliphatic carbocycles. The summed E-state index contributed by atoms with van der Waals surface area (Å²) in [6.07, 6.45) is 3.51. The van der Waals surface area contributed by atoms with Crippen molar-refractivity contribution in [1.29, 1.82) is 0 Å². The van der Waals surface area contributed by atoms with Crippen LogP contribution >= 0.6 is 0 Å². The van der Waals surface area contributed by atoms with Crippen molar-refractivity contribution in [3.8, 4) is 5.75 Å². The third kappa shape index (κ3) is 4.83. The highest BCUT2D eigenvalue weighted by molar-refractivity contribution is 5.84. The summed E-state index contributed by atoms with van der Waals surface area (Å²) >= 11 is 0. The number of aliphatic hydroxyl groups excluding tert-OH is 1. The minimum Gasteiger partial charge on any atom is -0.508 e. The fourth-order valence-electron chi connectivity index (χ4n) is 3.44. The molecule has 0 aromatic heterocycles. The van der Waals surface area contributed by atoms with E-state index in [9.17, 15) is 15.0 Å². The third-order valence-electron chi connectivity index (χ3n) is 4.94. The summed E-state index contributed by atoms with van der Waals surface area (Å²) in [5, 5.41) is 22.3. The van der Waals surface area contributed by atoms with Crippen LogP contribution in [0, 0.1) is 0 Å². The average Bonchev–Trinajstić information content (AvgIpc) is 2.64. The highest BCUT2D eigenvalue weighted by atomic mass is 16.3. The summed E-state index contributed by atoms with van der Waals surface area (Å²) < 4.78 is 0. The highest BCUT2D eigenvalue weighted by Crippen LogP contribution is 2.24. The van der Waals surface area contributed by atoms with Gasteiger partial charge in [-0.05, 0) is 55.4 Å². The number of carbonyl (C=O) groups excluding carboxylic acids is 1. The Hall–Kier alpha value is -2.33. The van der Waals surface area contributed by atoms with Gasteiger partial charge in [0, 0.05) is 6.04 Å². The van der Waals surface area contributed by atoms with Crippen molar-refractivity contribution in [1.82, 2.24) is 5.32 Å². The second-order valence-corrected chi connectivity index (χ2v) is 6.85. The lowest BCUT2D eigenvalue weighted by Gasteiger charge is -2.28. The van der Waals surface area contributed by atoms with Gasteiger partial charge in [-0.15, -0.1) is 0 Å². The Kier molecular flexibility index (Phi) is 5.71. The van der Waals surface area contributed by atoms with E-state index >= 15 is 0 Å². The van der Waals surface area contributed by atoms with E-state index in [1.54, 1.807) is 12.1 Å². The van der Waals surface area contributed by atoms with Gasteiger partial charge in [0.15, 0.2) is 0 Å². The van der Waals surface area contributed by atoms with Gasteiger partial charge in [0.2, 0.25) is 5.91 Å². The lowest BCUT2D eigenvalue weighted by Crippen LogP contribution is -2.41. The lowest BCUT2D eigenvalue weighted by atomic mass is 9.89. The zero-order valence-corrected chi connectivity index (χ0v) is 14.3. The molecular formula is C21H25NO3. The Balaban J connectivity index is 1.73. The van der Waals surface area contributed by atoms with Gasteiger partial charge in [0.05, 0.1) is 12.0 Å². The van der Waals surface area contributed by atoms with Crippen LogP contribution in [0.5, 0.6) is 5.75 Å². The highest BCUT2D eigenvalue weighted by Gasteiger charge is 2.26. The summed E-state index contributed by atoms with van der Waals surface area (Å²) in [6.45, 7) is 0. The van der Waals surface area contributed by atoms with E-state index in [2.05, 4.69) is 5.32 Å². The molecule has 0 spiro atoms. The minimum absolute atomic E-state index is 0.0284. The molecule has 1 saturated carbocycles. The van der Waals surface area contributed by atoms with Gasteiger partial charge in [-0.2, -0.15) is 0 Å². The smallest absolute Gasteiger partial charge is 0.228 e. The van der Waals surface area contributed by atoms with Crippen LogP contribution in [-0.2, 0) is 11.2 Å². The van der Waals surface area contributed by atoms with Crippen molar-refractivity contribution in [2.24, 2.45) is 0 Å². The molecule has 0 radical (unpaired) electrons. The number of rotatable bonds is 5. The van der Waals surface area contributed by atoms with Gasteiger partial charge >= 0.3 is 0 Å². The van der Waals surface area contributed by atoms with E-state index in [1.807, 2.05) is 42.5 Å². The number of hydrogen-bond acceptors (Lipinski definition) is 3. The molecule has 3 N–H and O–H groups in total. The third-order valence-corrected chi connectivity index (χ3v) is 4.94. The molecule has 0 bridgehead atoms. The van der Waals surface area contributed by atoms with Crippen LogP contribution in [0.15, 0.2) is 54.6 Å². The molecule has 132 valence electrons. The molecule has 0 saturated heterocycles. The Morgan fingerprint density at radius 1 is 1.00 bits per heavy atom. The average molecular weight is 339 g/mol. The molecule has 4 heteroatoms. The van der Waals surface area contributed by atoms with Crippen molar-refractivity contribution < 1.29 is 15.0 Å². The van der Waals surface area contributed by atoms with Crippen LogP contribution < -0.4 is 5.32 Å². The minimum atomic E-state index is -0.266. The fourth-order valence-corrected chi connectivity index (χ4v) is 3.44. The molecule has 0 aliphatic heterocycles. The Labute approximate surface area is 148 Å². The van der Waals surface area contributed by atoms with Crippen LogP contribution in [0.1, 0.15) is 42.7 Å². The number of aliphatic hydroxyl groups is 1. The Morgan fingerprint density at radius 2 is 1.64 bits per heavy atom. The van der Waals surface area contributed by atoms with Gasteiger partial charge in [-0.25, -0.2) is 0 Å². The molecule has 3 rings (SSSR count). The number of hydrogen-bond donors (Lipinski definition) is 3. The molecular weight excluding hydrogens is 314 g/mol. The molecule has 1 atom stereocenters. The Bertz CT molecular complexity index is 676. The van der Waals surface area contributed by atoms with Crippen molar-refractivity contribution in [2.75, 3.05) is 0 Å². The summed E-state index contributed by atoms with van der Waals surface area (Å²) in [6, 6.07) is 17.0. The van der Waals surface area contributed by atoms with E-state index in [0.717, 1.165) is 36.8 Å². The lowest BCUT2D eigenvalue weighted by molar-refractivity contribution is -0.123. The van der Waals surface area contributed by atoms with Crippen LogP contribution in [0.2, 0.25) is 0 Å². The van der Waals surface area contributed by atoms with Gasteiger partial charge < -0.3 is 15.5 Å². The van der Waals surface area contributed by atoms with E-state index in [0.29, 0.717) is 6.42 Å². The summed E-state index contributed by atoms with van der Waals surface area (Å²) in [7, 11) is 0. The fraction of sp³-hybridized carbons (Fsp3) is 0.381.